The van der Waals surface area contributed by atoms with Crippen molar-refractivity contribution < 1.29 is 4.79 Å². The van der Waals surface area contributed by atoms with Gasteiger partial charge in [-0.25, -0.2) is 0 Å². The SMILES string of the molecule is C=Cc1c[nH]c2ccccc12.CC(C)=O. The van der Waals surface area contributed by atoms with Gasteiger partial charge in [-0.15, -0.1) is 0 Å². The maximum atomic E-state index is 9.44. The number of aromatic nitrogens is 1. The Kier molecular flexibility index (Phi) is 3.86. The van der Waals surface area contributed by atoms with E-state index in [0.29, 0.717) is 0 Å². The van der Waals surface area contributed by atoms with Gasteiger partial charge in [-0.3, -0.25) is 0 Å². The van der Waals surface area contributed by atoms with Gasteiger partial charge in [-0.1, -0.05) is 30.9 Å². The van der Waals surface area contributed by atoms with Crippen LogP contribution in [-0.2, 0) is 4.79 Å². The molecule has 2 aromatic rings. The number of carbonyl (C=O) groups excluding carboxylic acids is 1. The van der Waals surface area contributed by atoms with Crippen LogP contribution in [0.15, 0.2) is 37.0 Å². The molecule has 0 unspecified atom stereocenters. The molecule has 0 saturated heterocycles. The van der Waals surface area contributed by atoms with Crippen molar-refractivity contribution in [2.24, 2.45) is 0 Å². The summed E-state index contributed by atoms with van der Waals surface area (Å²) in [6, 6.07) is 8.19. The molecule has 15 heavy (non-hydrogen) atoms. The highest BCUT2D eigenvalue weighted by atomic mass is 16.1. The summed E-state index contributed by atoms with van der Waals surface area (Å²) >= 11 is 0. The van der Waals surface area contributed by atoms with E-state index in [1.54, 1.807) is 0 Å². The lowest BCUT2D eigenvalue weighted by Crippen LogP contribution is -1.69. The molecule has 0 aliphatic heterocycles. The van der Waals surface area contributed by atoms with Crippen molar-refractivity contribution in [1.29, 1.82) is 0 Å². The molecule has 2 rings (SSSR count). The van der Waals surface area contributed by atoms with Crippen molar-refractivity contribution in [3.8, 4) is 0 Å². The number of Topliss-reactive ketones (excluding diaryl/α,β-unsaturated/α-hetero) is 1. The molecule has 0 saturated carbocycles. The maximum Gasteiger partial charge on any atom is 0.126 e. The zero-order valence-electron chi connectivity index (χ0n) is 9.08. The fourth-order valence-corrected chi connectivity index (χ4v) is 1.26. The highest BCUT2D eigenvalue weighted by Gasteiger charge is 1.96. The standard InChI is InChI=1S/C10H9N.C3H6O/c1-2-8-7-11-10-6-4-3-5-9(8)10;1-3(2)4/h2-7,11H,1H2;1-2H3. The molecular formula is C13H15NO. The van der Waals surface area contributed by atoms with E-state index >= 15 is 0 Å². The molecule has 0 aliphatic rings. The van der Waals surface area contributed by atoms with Gasteiger partial charge < -0.3 is 9.78 Å². The lowest BCUT2D eigenvalue weighted by molar-refractivity contribution is -0.114. The van der Waals surface area contributed by atoms with Gasteiger partial charge in [0.25, 0.3) is 0 Å². The van der Waals surface area contributed by atoms with E-state index in [1.165, 1.54) is 30.3 Å². The van der Waals surface area contributed by atoms with Crippen LogP contribution in [0, 0.1) is 0 Å². The zero-order chi connectivity index (χ0) is 11.3. The Morgan fingerprint density at radius 3 is 2.53 bits per heavy atom. The summed E-state index contributed by atoms with van der Waals surface area (Å²) < 4.78 is 0. The second-order valence-electron chi connectivity index (χ2n) is 3.40. The highest BCUT2D eigenvalue weighted by molar-refractivity contribution is 5.88. The van der Waals surface area contributed by atoms with Crippen molar-refractivity contribution in [2.45, 2.75) is 13.8 Å². The van der Waals surface area contributed by atoms with Crippen molar-refractivity contribution in [2.75, 3.05) is 0 Å². The van der Waals surface area contributed by atoms with Gasteiger partial charge in [-0.05, 0) is 25.5 Å². The Morgan fingerprint density at radius 1 is 1.33 bits per heavy atom. The third kappa shape index (κ3) is 3.09. The van der Waals surface area contributed by atoms with Crippen LogP contribution in [0.5, 0.6) is 0 Å². The molecule has 0 aliphatic carbocycles. The summed E-state index contributed by atoms with van der Waals surface area (Å²) in [6.07, 6.45) is 3.83. The second kappa shape index (κ2) is 5.15. The summed E-state index contributed by atoms with van der Waals surface area (Å²) in [5.41, 5.74) is 2.34. The number of ketones is 1. The Labute approximate surface area is 89.6 Å². The van der Waals surface area contributed by atoms with E-state index in [4.69, 9.17) is 0 Å². The number of aromatic amines is 1. The van der Waals surface area contributed by atoms with Crippen molar-refractivity contribution in [1.82, 2.24) is 4.98 Å². The number of carbonyl (C=O) groups is 1. The molecule has 0 atom stereocenters. The molecule has 0 amide bonds. The maximum absolute atomic E-state index is 9.44. The largest absolute Gasteiger partial charge is 0.361 e. The van der Waals surface area contributed by atoms with Gasteiger partial charge in [0.1, 0.15) is 5.78 Å². The molecule has 0 radical (unpaired) electrons. The van der Waals surface area contributed by atoms with Gasteiger partial charge in [-0.2, -0.15) is 0 Å². The number of hydrogen-bond acceptors (Lipinski definition) is 1. The number of nitrogens with one attached hydrogen (secondary N) is 1. The molecule has 1 heterocycles. The molecule has 0 spiro atoms. The minimum absolute atomic E-state index is 0.167. The normalized spacial score (nSPS) is 9.20. The van der Waals surface area contributed by atoms with Crippen LogP contribution in [0.25, 0.3) is 17.0 Å². The van der Waals surface area contributed by atoms with Crippen LogP contribution in [0.2, 0.25) is 0 Å². The molecule has 78 valence electrons. The summed E-state index contributed by atoms with van der Waals surface area (Å²) in [6.45, 7) is 6.79. The third-order valence-electron chi connectivity index (χ3n) is 1.84. The molecule has 0 fully saturated rings. The first kappa shape index (κ1) is 11.2. The number of H-pyrrole nitrogens is 1. The minimum Gasteiger partial charge on any atom is -0.361 e. The van der Waals surface area contributed by atoms with Crippen LogP contribution in [0.3, 0.4) is 0 Å². The van der Waals surface area contributed by atoms with Gasteiger partial charge in [0.2, 0.25) is 0 Å². The molecule has 2 nitrogen and oxygen atoms in total. The van der Waals surface area contributed by atoms with Crippen molar-refractivity contribution in [3.05, 3.63) is 42.6 Å². The zero-order valence-corrected chi connectivity index (χ0v) is 9.08. The summed E-state index contributed by atoms with van der Waals surface area (Å²) in [5.74, 6) is 0.167. The monoisotopic (exact) mass is 201 g/mol. The fraction of sp³-hybridized carbons (Fsp3) is 0.154. The Bertz CT molecular complexity index is 464. The molecule has 2 heteroatoms. The van der Waals surface area contributed by atoms with E-state index in [0.717, 1.165) is 0 Å². The molecule has 1 N–H and O–H groups in total. The fourth-order valence-electron chi connectivity index (χ4n) is 1.26. The number of para-hydroxylation sites is 1. The van der Waals surface area contributed by atoms with Crippen LogP contribution in [0.1, 0.15) is 19.4 Å². The van der Waals surface area contributed by atoms with Crippen LogP contribution in [-0.4, -0.2) is 10.8 Å². The van der Waals surface area contributed by atoms with Crippen molar-refractivity contribution in [3.63, 3.8) is 0 Å². The summed E-state index contributed by atoms with van der Waals surface area (Å²) in [4.78, 5) is 12.6. The number of fused-ring (bicyclic) bond motifs is 1. The van der Waals surface area contributed by atoms with Gasteiger partial charge in [0.15, 0.2) is 0 Å². The quantitative estimate of drug-likeness (QED) is 0.753. The Hall–Kier alpha value is -1.83. The first-order chi connectivity index (χ1) is 7.15. The first-order valence-electron chi connectivity index (χ1n) is 4.81. The first-order valence-corrected chi connectivity index (χ1v) is 4.81. The van der Waals surface area contributed by atoms with Gasteiger partial charge in [0.05, 0.1) is 0 Å². The predicted octanol–water partition coefficient (Wildman–Crippen LogP) is 3.41. The Morgan fingerprint density at radius 2 is 1.93 bits per heavy atom. The minimum atomic E-state index is 0.167. The lowest BCUT2D eigenvalue weighted by atomic mass is 10.2. The average molecular weight is 201 g/mol. The van der Waals surface area contributed by atoms with E-state index in [9.17, 15) is 4.79 Å². The second-order valence-corrected chi connectivity index (χ2v) is 3.40. The number of rotatable bonds is 1. The predicted molar refractivity (Wildman–Crippen MR) is 64.7 cm³/mol. The topological polar surface area (TPSA) is 32.9 Å². The van der Waals surface area contributed by atoms with E-state index in [2.05, 4.69) is 23.7 Å². The van der Waals surface area contributed by atoms with Crippen LogP contribution >= 0.6 is 0 Å². The molecular weight excluding hydrogens is 186 g/mol. The lowest BCUT2D eigenvalue weighted by Gasteiger charge is -1.87. The van der Waals surface area contributed by atoms with Crippen LogP contribution < -0.4 is 0 Å². The third-order valence-corrected chi connectivity index (χ3v) is 1.84. The van der Waals surface area contributed by atoms with E-state index in [-0.39, 0.29) is 5.78 Å². The highest BCUT2D eigenvalue weighted by Crippen LogP contribution is 2.17. The van der Waals surface area contributed by atoms with Gasteiger partial charge >= 0.3 is 0 Å². The summed E-state index contributed by atoms with van der Waals surface area (Å²) in [5, 5.41) is 1.24. The smallest absolute Gasteiger partial charge is 0.126 e. The Balaban J connectivity index is 0.000000245. The number of benzene rings is 1. The number of hydrogen-bond donors (Lipinski definition) is 1. The van der Waals surface area contributed by atoms with Gasteiger partial charge in [0, 0.05) is 17.1 Å². The van der Waals surface area contributed by atoms with E-state index < -0.39 is 0 Å². The van der Waals surface area contributed by atoms with Crippen LogP contribution in [0.4, 0.5) is 0 Å². The van der Waals surface area contributed by atoms with E-state index in [1.807, 2.05) is 24.4 Å². The summed E-state index contributed by atoms with van der Waals surface area (Å²) in [7, 11) is 0. The average Bonchev–Trinajstić information content (AvgIpc) is 2.59. The van der Waals surface area contributed by atoms with Crippen molar-refractivity contribution >= 4 is 22.8 Å². The molecule has 0 bridgehead atoms. The molecule has 1 aromatic heterocycles. The molecule has 1 aromatic carbocycles.